The highest BCUT2D eigenvalue weighted by atomic mass is 32.2. The molecule has 0 radical (unpaired) electrons. The van der Waals surface area contributed by atoms with Crippen LogP contribution < -0.4 is 10.6 Å². The molecule has 1 saturated heterocycles. The summed E-state index contributed by atoms with van der Waals surface area (Å²) in [5.41, 5.74) is 0.783. The molecule has 1 aliphatic heterocycles. The maximum Gasteiger partial charge on any atom is 0.319 e. The number of pyridine rings is 1. The number of carbonyl (C=O) groups excluding carboxylic acids is 1. The Hall–Kier alpha value is -2.15. The predicted octanol–water partition coefficient (Wildman–Crippen LogP) is 1.93. The number of hydrogen-bond donors (Lipinski definition) is 2. The molecule has 0 unspecified atom stereocenters. The van der Waals surface area contributed by atoms with Gasteiger partial charge in [-0.3, -0.25) is 4.98 Å². The van der Waals surface area contributed by atoms with Crippen LogP contribution in [-0.4, -0.2) is 36.5 Å². The van der Waals surface area contributed by atoms with Gasteiger partial charge in [-0.2, -0.15) is 0 Å². The Kier molecular flexibility index (Phi) is 3.52. The van der Waals surface area contributed by atoms with Gasteiger partial charge in [-0.05, 0) is 37.6 Å². The summed E-state index contributed by atoms with van der Waals surface area (Å²) in [7, 11) is -3.05. The SMILES string of the molecule is C[C@@]1(NC(=O)Nc2ccc3ncccc3c2)CCS(=O)(=O)C1. The third kappa shape index (κ3) is 3.19. The molecule has 0 aliphatic carbocycles. The molecule has 22 heavy (non-hydrogen) atoms. The summed E-state index contributed by atoms with van der Waals surface area (Å²) in [6, 6.07) is 8.76. The Labute approximate surface area is 128 Å². The zero-order valence-electron chi connectivity index (χ0n) is 12.2. The largest absolute Gasteiger partial charge is 0.332 e. The van der Waals surface area contributed by atoms with E-state index in [9.17, 15) is 13.2 Å². The van der Waals surface area contributed by atoms with Crippen LogP contribution >= 0.6 is 0 Å². The minimum Gasteiger partial charge on any atom is -0.332 e. The monoisotopic (exact) mass is 319 g/mol. The van der Waals surface area contributed by atoms with Crippen LogP contribution in [0.5, 0.6) is 0 Å². The van der Waals surface area contributed by atoms with Gasteiger partial charge in [0.1, 0.15) is 0 Å². The van der Waals surface area contributed by atoms with Gasteiger partial charge < -0.3 is 10.6 Å². The molecule has 1 aromatic heterocycles. The van der Waals surface area contributed by atoms with E-state index in [0.29, 0.717) is 12.1 Å². The van der Waals surface area contributed by atoms with Crippen LogP contribution in [0.15, 0.2) is 36.5 Å². The number of nitrogens with one attached hydrogen (secondary N) is 2. The molecule has 0 saturated carbocycles. The van der Waals surface area contributed by atoms with E-state index in [-0.39, 0.29) is 11.5 Å². The van der Waals surface area contributed by atoms with Gasteiger partial charge >= 0.3 is 6.03 Å². The Morgan fingerprint density at radius 3 is 2.86 bits per heavy atom. The molecule has 2 heterocycles. The number of anilines is 1. The number of fused-ring (bicyclic) bond motifs is 1. The van der Waals surface area contributed by atoms with Gasteiger partial charge in [-0.1, -0.05) is 6.07 Å². The van der Waals surface area contributed by atoms with E-state index in [2.05, 4.69) is 15.6 Å². The zero-order valence-corrected chi connectivity index (χ0v) is 13.0. The number of sulfone groups is 1. The zero-order chi connectivity index (χ0) is 15.8. The molecule has 6 nitrogen and oxygen atoms in total. The van der Waals surface area contributed by atoms with E-state index < -0.39 is 21.4 Å². The average molecular weight is 319 g/mol. The summed E-state index contributed by atoms with van der Waals surface area (Å²) in [5, 5.41) is 6.43. The molecular weight excluding hydrogens is 302 g/mol. The Morgan fingerprint density at radius 1 is 1.32 bits per heavy atom. The minimum atomic E-state index is -3.05. The van der Waals surface area contributed by atoms with Crippen molar-refractivity contribution in [2.75, 3.05) is 16.8 Å². The Morgan fingerprint density at radius 2 is 2.14 bits per heavy atom. The topological polar surface area (TPSA) is 88.2 Å². The van der Waals surface area contributed by atoms with Crippen molar-refractivity contribution < 1.29 is 13.2 Å². The van der Waals surface area contributed by atoms with Gasteiger partial charge in [0.25, 0.3) is 0 Å². The molecule has 1 fully saturated rings. The van der Waals surface area contributed by atoms with Crippen LogP contribution in [0.2, 0.25) is 0 Å². The summed E-state index contributed by atoms with van der Waals surface area (Å²) in [4.78, 5) is 16.3. The van der Waals surface area contributed by atoms with Crippen LogP contribution in [-0.2, 0) is 9.84 Å². The van der Waals surface area contributed by atoms with E-state index in [1.807, 2.05) is 24.3 Å². The lowest BCUT2D eigenvalue weighted by Gasteiger charge is -2.24. The number of urea groups is 1. The summed E-state index contributed by atoms with van der Waals surface area (Å²) in [5.74, 6) is 0.0977. The Balaban J connectivity index is 1.71. The predicted molar refractivity (Wildman–Crippen MR) is 85.6 cm³/mol. The smallest absolute Gasteiger partial charge is 0.319 e. The summed E-state index contributed by atoms with van der Waals surface area (Å²) < 4.78 is 23.1. The number of benzene rings is 1. The number of amides is 2. The van der Waals surface area contributed by atoms with Crippen molar-refractivity contribution in [3.8, 4) is 0 Å². The number of rotatable bonds is 2. The van der Waals surface area contributed by atoms with Crippen LogP contribution in [0, 0.1) is 0 Å². The lowest BCUT2D eigenvalue weighted by molar-refractivity contribution is 0.242. The fourth-order valence-corrected chi connectivity index (χ4v) is 4.79. The molecule has 1 atom stereocenters. The molecular formula is C15H17N3O3S. The normalized spacial score (nSPS) is 23.3. The van der Waals surface area contributed by atoms with E-state index >= 15 is 0 Å². The van der Waals surface area contributed by atoms with Crippen molar-refractivity contribution in [2.24, 2.45) is 0 Å². The standard InChI is InChI=1S/C15H17N3O3S/c1-15(6-8-22(20,21)10-15)18-14(19)17-12-4-5-13-11(9-12)3-2-7-16-13/h2-5,7,9H,6,8,10H2,1H3,(H2,17,18,19)/t15-/m1/s1. The van der Waals surface area contributed by atoms with Crippen molar-refractivity contribution >= 4 is 32.5 Å². The number of aromatic nitrogens is 1. The highest BCUT2D eigenvalue weighted by Crippen LogP contribution is 2.23. The van der Waals surface area contributed by atoms with E-state index in [1.54, 1.807) is 19.2 Å². The van der Waals surface area contributed by atoms with Crippen molar-refractivity contribution in [1.82, 2.24) is 10.3 Å². The molecule has 7 heteroatoms. The van der Waals surface area contributed by atoms with Gasteiger partial charge in [0, 0.05) is 17.3 Å². The van der Waals surface area contributed by atoms with Gasteiger partial charge in [-0.15, -0.1) is 0 Å². The molecule has 2 N–H and O–H groups in total. The summed E-state index contributed by atoms with van der Waals surface area (Å²) in [6.45, 7) is 1.75. The maximum atomic E-state index is 12.1. The van der Waals surface area contributed by atoms with Gasteiger partial charge in [0.15, 0.2) is 9.84 Å². The van der Waals surface area contributed by atoms with Crippen LogP contribution in [0.1, 0.15) is 13.3 Å². The first-order chi connectivity index (χ1) is 10.4. The third-order valence-electron chi connectivity index (χ3n) is 3.78. The number of nitrogens with zero attached hydrogens (tertiary/aromatic N) is 1. The maximum absolute atomic E-state index is 12.1. The molecule has 0 bridgehead atoms. The molecule has 3 rings (SSSR count). The lowest BCUT2D eigenvalue weighted by atomic mass is 10.0. The number of hydrogen-bond acceptors (Lipinski definition) is 4. The molecule has 0 spiro atoms. The molecule has 2 amide bonds. The second kappa shape index (κ2) is 5.24. The molecule has 1 aromatic carbocycles. The molecule has 2 aromatic rings. The fraction of sp³-hybridized carbons (Fsp3) is 0.333. The van der Waals surface area contributed by atoms with E-state index in [4.69, 9.17) is 0 Å². The number of carbonyl (C=O) groups is 1. The van der Waals surface area contributed by atoms with Crippen molar-refractivity contribution in [3.63, 3.8) is 0 Å². The first-order valence-electron chi connectivity index (χ1n) is 7.00. The second-order valence-electron chi connectivity index (χ2n) is 5.89. The highest BCUT2D eigenvalue weighted by Gasteiger charge is 2.39. The first kappa shape index (κ1) is 14.8. The van der Waals surface area contributed by atoms with Crippen LogP contribution in [0.4, 0.5) is 10.5 Å². The fourth-order valence-electron chi connectivity index (χ4n) is 2.70. The minimum absolute atomic E-state index is 0.0188. The van der Waals surface area contributed by atoms with Gasteiger partial charge in [-0.25, -0.2) is 13.2 Å². The Bertz CT molecular complexity index is 835. The van der Waals surface area contributed by atoms with Crippen LogP contribution in [0.3, 0.4) is 0 Å². The summed E-state index contributed by atoms with van der Waals surface area (Å²) in [6.07, 6.45) is 2.15. The van der Waals surface area contributed by atoms with Gasteiger partial charge in [0.05, 0.1) is 22.6 Å². The molecule has 116 valence electrons. The lowest BCUT2D eigenvalue weighted by Crippen LogP contribution is -2.48. The van der Waals surface area contributed by atoms with E-state index in [0.717, 1.165) is 10.9 Å². The quantitative estimate of drug-likeness (QED) is 0.885. The first-order valence-corrected chi connectivity index (χ1v) is 8.82. The summed E-state index contributed by atoms with van der Waals surface area (Å²) >= 11 is 0. The van der Waals surface area contributed by atoms with Crippen molar-refractivity contribution in [1.29, 1.82) is 0 Å². The van der Waals surface area contributed by atoms with Gasteiger partial charge in [0.2, 0.25) is 0 Å². The van der Waals surface area contributed by atoms with Crippen molar-refractivity contribution in [2.45, 2.75) is 18.9 Å². The third-order valence-corrected chi connectivity index (χ3v) is 5.68. The van der Waals surface area contributed by atoms with Crippen molar-refractivity contribution in [3.05, 3.63) is 36.5 Å². The highest BCUT2D eigenvalue weighted by molar-refractivity contribution is 7.91. The van der Waals surface area contributed by atoms with Crippen LogP contribution in [0.25, 0.3) is 10.9 Å². The second-order valence-corrected chi connectivity index (χ2v) is 8.08. The molecule has 1 aliphatic rings. The van der Waals surface area contributed by atoms with E-state index in [1.165, 1.54) is 0 Å². The average Bonchev–Trinajstić information content (AvgIpc) is 2.72.